The van der Waals surface area contributed by atoms with Crippen LogP contribution in [0.15, 0.2) is 9.32 Å². The molecule has 0 saturated carbocycles. The third-order valence-corrected chi connectivity index (χ3v) is 1.38. The lowest BCUT2D eigenvalue weighted by Gasteiger charge is -1.90. The van der Waals surface area contributed by atoms with E-state index in [0.717, 1.165) is 0 Å². The molecule has 1 heterocycles. The van der Waals surface area contributed by atoms with Crippen LogP contribution in [0, 0.1) is 0 Å². The molecule has 0 fully saturated rings. The van der Waals surface area contributed by atoms with Gasteiger partial charge in [-0.1, -0.05) is 0 Å². The summed E-state index contributed by atoms with van der Waals surface area (Å²) in [5.74, 6) is -1.62. The van der Waals surface area contributed by atoms with Gasteiger partial charge < -0.3 is 15.4 Å². The molecule has 66 valence electrons. The van der Waals surface area contributed by atoms with E-state index in [0.29, 0.717) is 0 Å². The Labute approximate surface area is 66.9 Å². The van der Waals surface area contributed by atoms with Crippen molar-refractivity contribution in [1.29, 1.82) is 0 Å². The fourth-order valence-corrected chi connectivity index (χ4v) is 0.868. The number of aromatic amines is 1. The molecule has 4 N–H and O–H groups in total. The van der Waals surface area contributed by atoms with Crippen LogP contribution in [-0.2, 0) is 6.42 Å². The van der Waals surface area contributed by atoms with E-state index in [1.54, 1.807) is 0 Å². The van der Waals surface area contributed by atoms with Gasteiger partial charge >= 0.3 is 5.97 Å². The number of rotatable bonds is 3. The summed E-state index contributed by atoms with van der Waals surface area (Å²) < 4.78 is 4.42. The van der Waals surface area contributed by atoms with Crippen molar-refractivity contribution in [3.63, 3.8) is 0 Å². The van der Waals surface area contributed by atoms with Crippen molar-refractivity contribution in [2.75, 3.05) is 6.54 Å². The Morgan fingerprint density at radius 2 is 2.33 bits per heavy atom. The Balaban J connectivity index is 3.12. The standard InChI is InChI=1S/C6H8N2O4/c7-2-1-3-4(6(10)11)12-8-5(3)9/h1-2,7H2,(H,8,9)(H,10,11). The molecule has 0 radical (unpaired) electrons. The molecule has 6 heteroatoms. The fraction of sp³-hybridized carbons (Fsp3) is 0.333. The van der Waals surface area contributed by atoms with Crippen LogP contribution in [-0.4, -0.2) is 22.8 Å². The average Bonchev–Trinajstić information content (AvgIpc) is 2.34. The molecule has 0 bridgehead atoms. The Bertz CT molecular complexity index is 338. The fourth-order valence-electron chi connectivity index (χ4n) is 0.868. The summed E-state index contributed by atoms with van der Waals surface area (Å²) in [6.45, 7) is 0.211. The van der Waals surface area contributed by atoms with E-state index in [1.807, 2.05) is 5.16 Å². The lowest BCUT2D eigenvalue weighted by Crippen LogP contribution is -2.14. The second-order valence-electron chi connectivity index (χ2n) is 2.18. The average molecular weight is 172 g/mol. The SMILES string of the molecule is NCCc1c(C(=O)O)o[nH]c1=O. The van der Waals surface area contributed by atoms with Gasteiger partial charge in [-0.25, -0.2) is 4.79 Å². The van der Waals surface area contributed by atoms with E-state index in [2.05, 4.69) is 4.52 Å². The topological polar surface area (TPSA) is 109 Å². The third kappa shape index (κ3) is 1.37. The normalized spacial score (nSPS) is 10.1. The van der Waals surface area contributed by atoms with E-state index in [9.17, 15) is 9.59 Å². The predicted molar refractivity (Wildman–Crippen MR) is 39.0 cm³/mol. The maximum Gasteiger partial charge on any atom is 0.375 e. The minimum absolute atomic E-state index is 0.0880. The summed E-state index contributed by atoms with van der Waals surface area (Å²) in [6.07, 6.45) is 0.202. The zero-order valence-electron chi connectivity index (χ0n) is 6.16. The summed E-state index contributed by atoms with van der Waals surface area (Å²) in [5.41, 5.74) is 4.73. The van der Waals surface area contributed by atoms with Gasteiger partial charge in [0.15, 0.2) is 0 Å². The van der Waals surface area contributed by atoms with Gasteiger partial charge in [0.05, 0.1) is 5.56 Å². The third-order valence-electron chi connectivity index (χ3n) is 1.38. The zero-order valence-corrected chi connectivity index (χ0v) is 6.16. The summed E-state index contributed by atoms with van der Waals surface area (Å²) in [4.78, 5) is 21.3. The number of hydrogen-bond acceptors (Lipinski definition) is 4. The summed E-state index contributed by atoms with van der Waals surface area (Å²) >= 11 is 0. The first-order valence-electron chi connectivity index (χ1n) is 3.30. The Morgan fingerprint density at radius 3 is 2.83 bits per heavy atom. The van der Waals surface area contributed by atoms with Crippen molar-refractivity contribution in [3.8, 4) is 0 Å². The molecule has 6 nitrogen and oxygen atoms in total. The highest BCUT2D eigenvalue weighted by Crippen LogP contribution is 2.02. The maximum atomic E-state index is 10.9. The molecule has 0 amide bonds. The van der Waals surface area contributed by atoms with Crippen LogP contribution < -0.4 is 11.3 Å². The van der Waals surface area contributed by atoms with Crippen LogP contribution in [0.1, 0.15) is 16.1 Å². The number of nitrogens with two attached hydrogens (primary N) is 1. The number of aromatic nitrogens is 1. The molecular weight excluding hydrogens is 164 g/mol. The van der Waals surface area contributed by atoms with Gasteiger partial charge in [0.1, 0.15) is 0 Å². The second kappa shape index (κ2) is 3.22. The van der Waals surface area contributed by atoms with Crippen LogP contribution in [0.25, 0.3) is 0 Å². The number of carbonyl (C=O) groups is 1. The molecule has 0 aliphatic carbocycles. The molecule has 0 unspecified atom stereocenters. The molecule has 1 rings (SSSR count). The minimum Gasteiger partial charge on any atom is -0.475 e. The van der Waals surface area contributed by atoms with Crippen molar-refractivity contribution in [2.45, 2.75) is 6.42 Å². The van der Waals surface area contributed by atoms with Crippen LogP contribution in [0.4, 0.5) is 0 Å². The molecular formula is C6H8N2O4. The number of aromatic carboxylic acids is 1. The Morgan fingerprint density at radius 1 is 1.67 bits per heavy atom. The molecule has 0 saturated heterocycles. The molecule has 1 aromatic heterocycles. The molecule has 12 heavy (non-hydrogen) atoms. The van der Waals surface area contributed by atoms with Gasteiger partial charge in [0.2, 0.25) is 5.76 Å². The van der Waals surface area contributed by atoms with E-state index < -0.39 is 11.5 Å². The van der Waals surface area contributed by atoms with Crippen LogP contribution in [0.2, 0.25) is 0 Å². The van der Waals surface area contributed by atoms with Crippen molar-refractivity contribution in [2.24, 2.45) is 5.73 Å². The minimum atomic E-state index is -1.27. The maximum absolute atomic E-state index is 10.9. The Kier molecular flexibility index (Phi) is 2.29. The first-order chi connectivity index (χ1) is 5.66. The van der Waals surface area contributed by atoms with Crippen molar-refractivity contribution in [1.82, 2.24) is 5.16 Å². The monoisotopic (exact) mass is 172 g/mol. The molecule has 0 aromatic carbocycles. The van der Waals surface area contributed by atoms with Crippen molar-refractivity contribution < 1.29 is 14.4 Å². The molecule has 0 spiro atoms. The zero-order chi connectivity index (χ0) is 9.14. The van der Waals surface area contributed by atoms with Gasteiger partial charge in [0, 0.05) is 0 Å². The first kappa shape index (κ1) is 8.54. The number of hydrogen-bond donors (Lipinski definition) is 3. The quantitative estimate of drug-likeness (QED) is 0.551. The van der Waals surface area contributed by atoms with Crippen LogP contribution >= 0.6 is 0 Å². The summed E-state index contributed by atoms with van der Waals surface area (Å²) in [6, 6.07) is 0. The van der Waals surface area contributed by atoms with E-state index in [4.69, 9.17) is 10.8 Å². The summed E-state index contributed by atoms with van der Waals surface area (Å²) in [5, 5.41) is 10.4. The molecule has 0 aliphatic heterocycles. The lowest BCUT2D eigenvalue weighted by molar-refractivity contribution is 0.0650. The van der Waals surface area contributed by atoms with Crippen molar-refractivity contribution >= 4 is 5.97 Å². The number of carboxylic acid groups (broad SMARTS) is 1. The number of carboxylic acids is 1. The van der Waals surface area contributed by atoms with E-state index in [-0.39, 0.29) is 24.3 Å². The summed E-state index contributed by atoms with van der Waals surface area (Å²) in [7, 11) is 0. The highest BCUT2D eigenvalue weighted by molar-refractivity contribution is 5.85. The van der Waals surface area contributed by atoms with Crippen molar-refractivity contribution in [3.05, 3.63) is 21.7 Å². The van der Waals surface area contributed by atoms with Gasteiger partial charge in [0.25, 0.3) is 5.56 Å². The van der Waals surface area contributed by atoms with Crippen LogP contribution in [0.3, 0.4) is 0 Å². The molecule has 1 aromatic rings. The molecule has 0 atom stereocenters. The molecule has 0 aliphatic rings. The lowest BCUT2D eigenvalue weighted by atomic mass is 10.2. The second-order valence-corrected chi connectivity index (χ2v) is 2.18. The highest BCUT2D eigenvalue weighted by atomic mass is 16.5. The largest absolute Gasteiger partial charge is 0.475 e. The van der Waals surface area contributed by atoms with E-state index >= 15 is 0 Å². The van der Waals surface area contributed by atoms with Gasteiger partial charge in [-0.05, 0) is 13.0 Å². The van der Waals surface area contributed by atoms with Crippen LogP contribution in [0.5, 0.6) is 0 Å². The van der Waals surface area contributed by atoms with E-state index in [1.165, 1.54) is 0 Å². The Hall–Kier alpha value is -1.56. The number of H-pyrrole nitrogens is 1. The van der Waals surface area contributed by atoms with Gasteiger partial charge in [-0.3, -0.25) is 4.79 Å². The predicted octanol–water partition coefficient (Wildman–Crippen LogP) is -0.833. The first-order valence-corrected chi connectivity index (χ1v) is 3.30. The van der Waals surface area contributed by atoms with Gasteiger partial charge in [-0.15, -0.1) is 0 Å². The number of nitrogens with one attached hydrogen (secondary N) is 1. The smallest absolute Gasteiger partial charge is 0.375 e. The highest BCUT2D eigenvalue weighted by Gasteiger charge is 2.17. The van der Waals surface area contributed by atoms with Gasteiger partial charge in [-0.2, -0.15) is 5.16 Å².